The molecule has 1 heterocycles. The Morgan fingerprint density at radius 2 is 1.84 bits per heavy atom. The maximum Gasteiger partial charge on any atom is 0.391 e. The summed E-state index contributed by atoms with van der Waals surface area (Å²) >= 11 is 0. The van der Waals surface area contributed by atoms with Gasteiger partial charge in [-0.3, -0.25) is 4.90 Å². The smallest absolute Gasteiger partial charge is 0.391 e. The zero-order chi connectivity index (χ0) is 14.0. The largest absolute Gasteiger partial charge is 0.399 e. The van der Waals surface area contributed by atoms with Crippen molar-refractivity contribution >= 4 is 5.69 Å². The minimum absolute atomic E-state index is 0.0834. The fourth-order valence-corrected chi connectivity index (χ4v) is 2.35. The van der Waals surface area contributed by atoms with Crippen LogP contribution in [0.3, 0.4) is 0 Å². The van der Waals surface area contributed by atoms with Crippen molar-refractivity contribution in [3.05, 3.63) is 29.6 Å². The van der Waals surface area contributed by atoms with Gasteiger partial charge >= 0.3 is 6.18 Å². The third kappa shape index (κ3) is 3.59. The molecule has 1 fully saturated rings. The zero-order valence-electron chi connectivity index (χ0n) is 10.4. The molecule has 1 aliphatic rings. The summed E-state index contributed by atoms with van der Waals surface area (Å²) in [5.74, 6) is -1.63. The lowest BCUT2D eigenvalue weighted by atomic mass is 9.96. The highest BCUT2D eigenvalue weighted by atomic mass is 19.4. The van der Waals surface area contributed by atoms with E-state index in [0.717, 1.165) is 0 Å². The van der Waals surface area contributed by atoms with Crippen molar-refractivity contribution in [2.75, 3.05) is 18.8 Å². The van der Waals surface area contributed by atoms with Gasteiger partial charge in [0.2, 0.25) is 0 Å². The van der Waals surface area contributed by atoms with Crippen LogP contribution in [0.15, 0.2) is 18.2 Å². The molecule has 2 N–H and O–H groups in total. The van der Waals surface area contributed by atoms with E-state index in [-0.39, 0.29) is 12.8 Å². The molecule has 19 heavy (non-hydrogen) atoms. The molecule has 0 unspecified atom stereocenters. The van der Waals surface area contributed by atoms with Gasteiger partial charge in [-0.2, -0.15) is 13.2 Å². The van der Waals surface area contributed by atoms with E-state index >= 15 is 0 Å². The van der Waals surface area contributed by atoms with Crippen molar-refractivity contribution in [1.82, 2.24) is 4.90 Å². The molecular weight excluding hydrogens is 260 g/mol. The molecule has 106 valence electrons. The summed E-state index contributed by atoms with van der Waals surface area (Å²) in [7, 11) is 0. The Morgan fingerprint density at radius 1 is 1.21 bits per heavy atom. The Kier molecular flexibility index (Phi) is 3.99. The van der Waals surface area contributed by atoms with Crippen LogP contribution in [0.5, 0.6) is 0 Å². The van der Waals surface area contributed by atoms with Gasteiger partial charge < -0.3 is 5.73 Å². The molecular formula is C13H16F4N2. The number of hydrogen-bond donors (Lipinski definition) is 1. The summed E-state index contributed by atoms with van der Waals surface area (Å²) in [4.78, 5) is 1.84. The summed E-state index contributed by atoms with van der Waals surface area (Å²) in [6.07, 6.45) is -3.95. The molecule has 0 aliphatic carbocycles. The number of likely N-dealkylation sites (tertiary alicyclic amines) is 1. The van der Waals surface area contributed by atoms with Crippen molar-refractivity contribution < 1.29 is 17.6 Å². The van der Waals surface area contributed by atoms with Crippen LogP contribution in [0.25, 0.3) is 0 Å². The van der Waals surface area contributed by atoms with E-state index in [0.29, 0.717) is 30.9 Å². The van der Waals surface area contributed by atoms with Crippen molar-refractivity contribution in [2.45, 2.75) is 25.6 Å². The van der Waals surface area contributed by atoms with E-state index < -0.39 is 17.9 Å². The first-order valence-corrected chi connectivity index (χ1v) is 6.19. The standard InChI is InChI=1S/C13H16F4N2/c14-12-7-11(18)2-1-9(12)8-19-5-3-10(4-6-19)13(15,16)17/h1-2,7,10H,3-6,8,18H2. The highest BCUT2D eigenvalue weighted by Gasteiger charge is 2.40. The fraction of sp³-hybridized carbons (Fsp3) is 0.538. The van der Waals surface area contributed by atoms with Gasteiger partial charge in [0.05, 0.1) is 5.92 Å². The summed E-state index contributed by atoms with van der Waals surface area (Å²) in [6.45, 7) is 1.01. The lowest BCUT2D eigenvalue weighted by Crippen LogP contribution is -2.38. The zero-order valence-corrected chi connectivity index (χ0v) is 10.4. The molecule has 0 radical (unpaired) electrons. The minimum Gasteiger partial charge on any atom is -0.399 e. The number of alkyl halides is 3. The molecule has 0 spiro atoms. The molecule has 2 nitrogen and oxygen atoms in total. The highest BCUT2D eigenvalue weighted by molar-refractivity contribution is 5.40. The third-order valence-electron chi connectivity index (χ3n) is 3.52. The van der Waals surface area contributed by atoms with Gasteiger partial charge in [-0.05, 0) is 38.1 Å². The lowest BCUT2D eigenvalue weighted by molar-refractivity contribution is -0.185. The van der Waals surface area contributed by atoms with Gasteiger partial charge in [-0.1, -0.05) is 6.07 Å². The normalized spacial score (nSPS) is 18.7. The SMILES string of the molecule is Nc1ccc(CN2CCC(C(F)(F)F)CC2)c(F)c1. The van der Waals surface area contributed by atoms with E-state index in [1.165, 1.54) is 6.07 Å². The van der Waals surface area contributed by atoms with Gasteiger partial charge in [0.1, 0.15) is 5.82 Å². The van der Waals surface area contributed by atoms with E-state index in [1.54, 1.807) is 12.1 Å². The Labute approximate surface area is 109 Å². The number of halogens is 4. The maximum absolute atomic E-state index is 13.6. The average molecular weight is 276 g/mol. The number of nitrogens with zero attached hydrogens (tertiary/aromatic N) is 1. The number of nitrogens with two attached hydrogens (primary N) is 1. The average Bonchev–Trinajstić information content (AvgIpc) is 2.32. The van der Waals surface area contributed by atoms with Crippen LogP contribution in [0.1, 0.15) is 18.4 Å². The van der Waals surface area contributed by atoms with Crippen LogP contribution < -0.4 is 5.73 Å². The summed E-state index contributed by atoms with van der Waals surface area (Å²) in [6, 6.07) is 4.42. The van der Waals surface area contributed by atoms with Crippen molar-refractivity contribution in [3.8, 4) is 0 Å². The van der Waals surface area contributed by atoms with Crippen LogP contribution in [0.2, 0.25) is 0 Å². The number of anilines is 1. The first kappa shape index (κ1) is 14.1. The molecule has 0 saturated carbocycles. The summed E-state index contributed by atoms with van der Waals surface area (Å²) in [5.41, 5.74) is 6.26. The van der Waals surface area contributed by atoms with E-state index in [4.69, 9.17) is 5.73 Å². The molecule has 0 amide bonds. The molecule has 0 bridgehead atoms. The van der Waals surface area contributed by atoms with Gasteiger partial charge in [-0.25, -0.2) is 4.39 Å². The Morgan fingerprint density at radius 3 is 2.37 bits per heavy atom. The van der Waals surface area contributed by atoms with Crippen LogP contribution in [-0.4, -0.2) is 24.2 Å². The van der Waals surface area contributed by atoms with Crippen LogP contribution >= 0.6 is 0 Å². The predicted molar refractivity (Wildman–Crippen MR) is 64.9 cm³/mol. The number of nitrogen functional groups attached to an aromatic ring is 1. The molecule has 1 aromatic rings. The summed E-state index contributed by atoms with van der Waals surface area (Å²) < 4.78 is 51.1. The quantitative estimate of drug-likeness (QED) is 0.664. The van der Waals surface area contributed by atoms with Gasteiger partial charge in [-0.15, -0.1) is 0 Å². The first-order valence-electron chi connectivity index (χ1n) is 6.19. The molecule has 2 rings (SSSR count). The second kappa shape index (κ2) is 5.36. The lowest BCUT2D eigenvalue weighted by Gasteiger charge is -2.32. The first-order chi connectivity index (χ1) is 8.86. The molecule has 1 saturated heterocycles. The van der Waals surface area contributed by atoms with Crippen LogP contribution in [0.4, 0.5) is 23.2 Å². The topological polar surface area (TPSA) is 29.3 Å². The number of benzene rings is 1. The monoisotopic (exact) mass is 276 g/mol. The molecule has 0 atom stereocenters. The molecule has 1 aliphatic heterocycles. The second-order valence-electron chi connectivity index (χ2n) is 4.94. The Balaban J connectivity index is 1.92. The van der Waals surface area contributed by atoms with Gasteiger partial charge in [0, 0.05) is 17.8 Å². The number of rotatable bonds is 2. The predicted octanol–water partition coefficient (Wildman–Crippen LogP) is 3.18. The maximum atomic E-state index is 13.6. The molecule has 6 heteroatoms. The van der Waals surface area contributed by atoms with E-state index in [9.17, 15) is 17.6 Å². The Bertz CT molecular complexity index is 437. The van der Waals surface area contributed by atoms with Crippen molar-refractivity contribution in [3.63, 3.8) is 0 Å². The van der Waals surface area contributed by atoms with Crippen molar-refractivity contribution in [1.29, 1.82) is 0 Å². The summed E-state index contributed by atoms with van der Waals surface area (Å²) in [5, 5.41) is 0. The fourth-order valence-electron chi connectivity index (χ4n) is 2.35. The van der Waals surface area contributed by atoms with Gasteiger partial charge in [0.15, 0.2) is 0 Å². The number of piperidine rings is 1. The Hall–Kier alpha value is -1.30. The second-order valence-corrected chi connectivity index (χ2v) is 4.94. The van der Waals surface area contributed by atoms with Crippen LogP contribution in [0, 0.1) is 11.7 Å². The van der Waals surface area contributed by atoms with Crippen LogP contribution in [-0.2, 0) is 6.54 Å². The highest BCUT2D eigenvalue weighted by Crippen LogP contribution is 2.34. The third-order valence-corrected chi connectivity index (χ3v) is 3.52. The van der Waals surface area contributed by atoms with E-state index in [1.807, 2.05) is 4.90 Å². The van der Waals surface area contributed by atoms with Gasteiger partial charge in [0.25, 0.3) is 0 Å². The van der Waals surface area contributed by atoms with Crippen molar-refractivity contribution in [2.24, 2.45) is 5.92 Å². The van der Waals surface area contributed by atoms with E-state index in [2.05, 4.69) is 0 Å². The number of hydrogen-bond acceptors (Lipinski definition) is 2. The minimum atomic E-state index is -4.11. The molecule has 0 aromatic heterocycles. The molecule has 1 aromatic carbocycles.